The Morgan fingerprint density at radius 3 is 2.71 bits per heavy atom. The number of nitrogens with zero attached hydrogens (tertiary/aromatic N) is 3. The Morgan fingerprint density at radius 2 is 2.14 bits per heavy atom. The van der Waals surface area contributed by atoms with E-state index in [-0.39, 0.29) is 5.69 Å². The molecule has 0 bridgehead atoms. The van der Waals surface area contributed by atoms with Gasteiger partial charge in [-0.15, -0.1) is 0 Å². The molecule has 2 aromatic rings. The number of hydrogen-bond donors (Lipinski definition) is 1. The molecule has 0 unspecified atom stereocenters. The zero-order valence-corrected chi connectivity index (χ0v) is 12.9. The summed E-state index contributed by atoms with van der Waals surface area (Å²) in [4.78, 5) is 10.8. The van der Waals surface area contributed by atoms with Gasteiger partial charge in [0.15, 0.2) is 0 Å². The van der Waals surface area contributed by atoms with Gasteiger partial charge in [-0.05, 0) is 24.5 Å². The third kappa shape index (κ3) is 3.00. The molecule has 1 aromatic carbocycles. The number of benzene rings is 1. The fourth-order valence-electron chi connectivity index (χ4n) is 2.26. The van der Waals surface area contributed by atoms with Crippen LogP contribution in [-0.2, 0) is 13.5 Å². The van der Waals surface area contributed by atoms with Crippen molar-refractivity contribution < 1.29 is 4.92 Å². The molecule has 0 saturated carbocycles. The summed E-state index contributed by atoms with van der Waals surface area (Å²) >= 11 is 5.85. The third-order valence-electron chi connectivity index (χ3n) is 3.22. The normalized spacial score (nSPS) is 11.1. The van der Waals surface area contributed by atoms with Crippen molar-refractivity contribution in [1.29, 1.82) is 0 Å². The van der Waals surface area contributed by atoms with Crippen molar-refractivity contribution in [2.45, 2.75) is 20.3 Å². The number of halogens is 1. The Labute approximate surface area is 127 Å². The van der Waals surface area contributed by atoms with Gasteiger partial charge >= 0.3 is 0 Å². The predicted molar refractivity (Wildman–Crippen MR) is 83.3 cm³/mol. The number of nitro benzene ring substituents is 1. The van der Waals surface area contributed by atoms with Gasteiger partial charge in [0.2, 0.25) is 0 Å². The molecule has 2 rings (SSSR count). The Hall–Kier alpha value is -2.08. The molecule has 112 valence electrons. The van der Waals surface area contributed by atoms with Crippen molar-refractivity contribution in [2.75, 3.05) is 5.73 Å². The molecule has 0 radical (unpaired) electrons. The fourth-order valence-corrected chi connectivity index (χ4v) is 2.43. The second-order valence-corrected chi connectivity index (χ2v) is 5.79. The van der Waals surface area contributed by atoms with E-state index < -0.39 is 4.92 Å². The van der Waals surface area contributed by atoms with Crippen molar-refractivity contribution in [3.05, 3.63) is 38.9 Å². The molecular formula is C14H17ClN4O2. The van der Waals surface area contributed by atoms with Gasteiger partial charge in [-0.3, -0.25) is 14.8 Å². The first-order valence-electron chi connectivity index (χ1n) is 6.57. The lowest BCUT2D eigenvalue weighted by atomic mass is 9.98. The van der Waals surface area contributed by atoms with Gasteiger partial charge in [-0.2, -0.15) is 5.10 Å². The van der Waals surface area contributed by atoms with Crippen LogP contribution in [0.2, 0.25) is 5.02 Å². The average molecular weight is 309 g/mol. The second kappa shape index (κ2) is 5.73. The highest BCUT2D eigenvalue weighted by molar-refractivity contribution is 6.30. The topological polar surface area (TPSA) is 87.0 Å². The standard InChI is InChI=1S/C14H17ClN4O2/c1-8(2)6-11-13(17-18(3)14(11)16)10-5-4-9(15)7-12(10)19(20)21/h4-5,7-8H,6,16H2,1-3H3. The molecule has 0 saturated heterocycles. The van der Waals surface area contributed by atoms with Crippen molar-refractivity contribution >= 4 is 23.1 Å². The van der Waals surface area contributed by atoms with Gasteiger partial charge in [0.1, 0.15) is 11.5 Å². The minimum absolute atomic E-state index is 0.0643. The van der Waals surface area contributed by atoms with Gasteiger partial charge in [-0.1, -0.05) is 25.4 Å². The SMILES string of the molecule is CC(C)Cc1c(-c2ccc(Cl)cc2[N+](=O)[O-])nn(C)c1N. The van der Waals surface area contributed by atoms with Crippen molar-refractivity contribution in [3.8, 4) is 11.3 Å². The van der Waals surface area contributed by atoms with Crippen LogP contribution in [0.1, 0.15) is 19.4 Å². The number of aryl methyl sites for hydroxylation is 1. The van der Waals surface area contributed by atoms with E-state index in [2.05, 4.69) is 18.9 Å². The summed E-state index contributed by atoms with van der Waals surface area (Å²) in [5, 5.41) is 15.9. The summed E-state index contributed by atoms with van der Waals surface area (Å²) in [5.74, 6) is 0.893. The van der Waals surface area contributed by atoms with Gasteiger partial charge < -0.3 is 5.73 Å². The molecular weight excluding hydrogens is 292 g/mol. The first kappa shape index (κ1) is 15.3. The molecule has 0 aliphatic carbocycles. The quantitative estimate of drug-likeness (QED) is 0.692. The van der Waals surface area contributed by atoms with Gasteiger partial charge in [0.25, 0.3) is 5.69 Å². The molecule has 0 amide bonds. The van der Waals surface area contributed by atoms with E-state index in [1.165, 1.54) is 6.07 Å². The van der Waals surface area contributed by atoms with E-state index in [1.54, 1.807) is 23.9 Å². The first-order chi connectivity index (χ1) is 9.81. The number of nitrogen functional groups attached to an aromatic ring is 1. The molecule has 1 aromatic heterocycles. The Bertz CT molecular complexity index is 695. The molecule has 21 heavy (non-hydrogen) atoms. The fraction of sp³-hybridized carbons (Fsp3) is 0.357. The van der Waals surface area contributed by atoms with Crippen LogP contribution < -0.4 is 5.73 Å². The Morgan fingerprint density at radius 1 is 1.48 bits per heavy atom. The summed E-state index contributed by atoms with van der Waals surface area (Å²) in [5.41, 5.74) is 7.80. The minimum Gasteiger partial charge on any atom is -0.384 e. The maximum absolute atomic E-state index is 11.3. The lowest BCUT2D eigenvalue weighted by Gasteiger charge is -2.07. The highest BCUT2D eigenvalue weighted by atomic mass is 35.5. The molecule has 0 atom stereocenters. The third-order valence-corrected chi connectivity index (χ3v) is 3.45. The van der Waals surface area contributed by atoms with E-state index in [0.29, 0.717) is 34.4 Å². The highest BCUT2D eigenvalue weighted by Gasteiger charge is 2.23. The van der Waals surface area contributed by atoms with Crippen LogP contribution in [0.3, 0.4) is 0 Å². The van der Waals surface area contributed by atoms with E-state index in [9.17, 15) is 10.1 Å². The molecule has 0 aliphatic heterocycles. The monoisotopic (exact) mass is 308 g/mol. The van der Waals surface area contributed by atoms with Crippen LogP contribution in [0.4, 0.5) is 11.5 Å². The first-order valence-corrected chi connectivity index (χ1v) is 6.94. The predicted octanol–water partition coefficient (Wildman–Crippen LogP) is 3.43. The summed E-state index contributed by atoms with van der Waals surface area (Å²) in [6.07, 6.45) is 0.703. The smallest absolute Gasteiger partial charge is 0.280 e. The van der Waals surface area contributed by atoms with Gasteiger partial charge in [0, 0.05) is 23.7 Å². The maximum Gasteiger partial charge on any atom is 0.280 e. The summed E-state index contributed by atoms with van der Waals surface area (Å²) < 4.78 is 1.55. The van der Waals surface area contributed by atoms with Crippen LogP contribution in [0.15, 0.2) is 18.2 Å². The number of hydrogen-bond acceptors (Lipinski definition) is 4. The molecule has 0 fully saturated rings. The molecule has 0 spiro atoms. The zero-order chi connectivity index (χ0) is 15.7. The van der Waals surface area contributed by atoms with Gasteiger partial charge in [-0.25, -0.2) is 0 Å². The average Bonchev–Trinajstić information content (AvgIpc) is 2.66. The van der Waals surface area contributed by atoms with Crippen molar-refractivity contribution in [2.24, 2.45) is 13.0 Å². The molecule has 2 N–H and O–H groups in total. The number of aromatic nitrogens is 2. The maximum atomic E-state index is 11.3. The lowest BCUT2D eigenvalue weighted by Crippen LogP contribution is -2.02. The van der Waals surface area contributed by atoms with Crippen molar-refractivity contribution in [1.82, 2.24) is 9.78 Å². The number of nitro groups is 1. The Balaban J connectivity index is 2.67. The van der Waals surface area contributed by atoms with Gasteiger partial charge in [0.05, 0.1) is 10.5 Å². The van der Waals surface area contributed by atoms with Crippen LogP contribution in [0.25, 0.3) is 11.3 Å². The van der Waals surface area contributed by atoms with E-state index in [4.69, 9.17) is 17.3 Å². The van der Waals surface area contributed by atoms with E-state index >= 15 is 0 Å². The van der Waals surface area contributed by atoms with Crippen LogP contribution >= 0.6 is 11.6 Å². The summed E-state index contributed by atoms with van der Waals surface area (Å²) in [7, 11) is 1.73. The summed E-state index contributed by atoms with van der Waals surface area (Å²) in [6, 6.07) is 4.57. The number of nitrogens with two attached hydrogens (primary N) is 1. The molecule has 1 heterocycles. The number of anilines is 1. The number of rotatable bonds is 4. The Kier molecular flexibility index (Phi) is 4.18. The molecule has 7 heteroatoms. The lowest BCUT2D eigenvalue weighted by molar-refractivity contribution is -0.384. The highest BCUT2D eigenvalue weighted by Crippen LogP contribution is 2.36. The summed E-state index contributed by atoms with van der Waals surface area (Å²) in [6.45, 7) is 4.12. The van der Waals surface area contributed by atoms with E-state index in [0.717, 1.165) is 5.56 Å². The van der Waals surface area contributed by atoms with Crippen LogP contribution in [0, 0.1) is 16.0 Å². The van der Waals surface area contributed by atoms with Crippen LogP contribution in [-0.4, -0.2) is 14.7 Å². The van der Waals surface area contributed by atoms with Crippen LogP contribution in [0.5, 0.6) is 0 Å². The second-order valence-electron chi connectivity index (χ2n) is 5.35. The molecule has 6 nitrogen and oxygen atoms in total. The molecule has 0 aliphatic rings. The zero-order valence-electron chi connectivity index (χ0n) is 12.1. The minimum atomic E-state index is -0.453. The largest absolute Gasteiger partial charge is 0.384 e. The van der Waals surface area contributed by atoms with E-state index in [1.807, 2.05) is 0 Å². The van der Waals surface area contributed by atoms with Crippen molar-refractivity contribution in [3.63, 3.8) is 0 Å².